The molecular formula is C10H18O2. The fourth-order valence-electron chi connectivity index (χ4n) is 3.29. The minimum atomic E-state index is -0.508. The summed E-state index contributed by atoms with van der Waals surface area (Å²) in [7, 11) is 0. The van der Waals surface area contributed by atoms with Gasteiger partial charge in [-0.3, -0.25) is 0 Å². The summed E-state index contributed by atoms with van der Waals surface area (Å²) in [4.78, 5) is 0. The van der Waals surface area contributed by atoms with Crippen LogP contribution in [0.15, 0.2) is 0 Å². The van der Waals surface area contributed by atoms with Crippen molar-refractivity contribution < 1.29 is 10.2 Å². The van der Waals surface area contributed by atoms with Gasteiger partial charge in [0.25, 0.3) is 0 Å². The normalized spacial score (nSPS) is 56.2. The lowest BCUT2D eigenvalue weighted by Crippen LogP contribution is -2.39. The van der Waals surface area contributed by atoms with E-state index in [9.17, 15) is 10.2 Å². The predicted molar refractivity (Wildman–Crippen MR) is 46.6 cm³/mol. The minimum absolute atomic E-state index is 0.0584. The molecular weight excluding hydrogens is 152 g/mol. The van der Waals surface area contributed by atoms with E-state index in [1.807, 2.05) is 0 Å². The van der Waals surface area contributed by atoms with Crippen molar-refractivity contribution in [2.75, 3.05) is 0 Å². The van der Waals surface area contributed by atoms with E-state index in [4.69, 9.17) is 0 Å². The van der Waals surface area contributed by atoms with Crippen LogP contribution in [0.2, 0.25) is 0 Å². The predicted octanol–water partition coefficient (Wildman–Crippen LogP) is 1.16. The van der Waals surface area contributed by atoms with E-state index in [1.165, 1.54) is 0 Å². The van der Waals surface area contributed by atoms with Gasteiger partial charge in [0.1, 0.15) is 0 Å². The lowest BCUT2D eigenvalue weighted by molar-refractivity contribution is -0.0508. The van der Waals surface area contributed by atoms with Gasteiger partial charge < -0.3 is 10.2 Å². The maximum atomic E-state index is 9.83. The third-order valence-corrected chi connectivity index (χ3v) is 4.76. The van der Waals surface area contributed by atoms with Gasteiger partial charge in [0.15, 0.2) is 0 Å². The van der Waals surface area contributed by atoms with Gasteiger partial charge in [-0.15, -0.1) is 0 Å². The van der Waals surface area contributed by atoms with Crippen LogP contribution in [0.5, 0.6) is 0 Å². The summed E-state index contributed by atoms with van der Waals surface area (Å²) in [6, 6.07) is 0. The Hall–Kier alpha value is -0.0800. The second-order valence-electron chi connectivity index (χ2n) is 5.22. The molecule has 0 aliphatic heterocycles. The molecule has 0 unspecified atom stereocenters. The smallest absolute Gasteiger partial charge is 0.0860 e. The van der Waals surface area contributed by atoms with Crippen LogP contribution in [0.3, 0.4) is 0 Å². The Labute approximate surface area is 73.6 Å². The summed E-state index contributed by atoms with van der Waals surface area (Å²) in [6.07, 6.45) is 1.13. The van der Waals surface area contributed by atoms with Crippen LogP contribution in [0.25, 0.3) is 0 Å². The van der Waals surface area contributed by atoms with Gasteiger partial charge >= 0.3 is 0 Å². The van der Waals surface area contributed by atoms with Crippen molar-refractivity contribution in [2.45, 2.75) is 45.8 Å². The number of aliphatic hydroxyl groups is 2. The molecule has 2 nitrogen and oxygen atoms in total. The number of hydrogen-bond donors (Lipinski definition) is 2. The van der Waals surface area contributed by atoms with Gasteiger partial charge in [-0.2, -0.15) is 0 Å². The summed E-state index contributed by atoms with van der Waals surface area (Å²) < 4.78 is 0. The van der Waals surface area contributed by atoms with Crippen molar-refractivity contribution >= 4 is 0 Å². The Morgan fingerprint density at radius 1 is 1.17 bits per heavy atom. The number of hydrogen-bond acceptors (Lipinski definition) is 2. The van der Waals surface area contributed by atoms with E-state index in [1.54, 1.807) is 0 Å². The molecule has 2 aliphatic rings. The Balaban J connectivity index is 2.44. The quantitative estimate of drug-likeness (QED) is 0.573. The molecule has 0 spiro atoms. The zero-order chi connectivity index (χ0) is 9.15. The monoisotopic (exact) mass is 170 g/mol. The first-order valence-electron chi connectivity index (χ1n) is 4.77. The van der Waals surface area contributed by atoms with E-state index >= 15 is 0 Å². The highest BCUT2D eigenvalue weighted by atomic mass is 16.3. The molecule has 2 N–H and O–H groups in total. The van der Waals surface area contributed by atoms with Gasteiger partial charge in [0.2, 0.25) is 0 Å². The van der Waals surface area contributed by atoms with Crippen LogP contribution in [-0.2, 0) is 0 Å². The maximum Gasteiger partial charge on any atom is 0.0860 e. The first-order valence-corrected chi connectivity index (χ1v) is 4.77. The molecule has 2 aliphatic carbocycles. The third-order valence-electron chi connectivity index (χ3n) is 4.76. The van der Waals surface area contributed by atoms with E-state index in [-0.39, 0.29) is 10.8 Å². The third kappa shape index (κ3) is 0.647. The summed E-state index contributed by atoms with van der Waals surface area (Å²) in [6.45, 7) is 6.45. The summed E-state index contributed by atoms with van der Waals surface area (Å²) in [5.41, 5.74) is 0.0446. The maximum absolute atomic E-state index is 9.83. The average Bonchev–Trinajstić information content (AvgIpc) is 2.26. The van der Waals surface area contributed by atoms with Crippen molar-refractivity contribution in [3.8, 4) is 0 Å². The van der Waals surface area contributed by atoms with Crippen molar-refractivity contribution in [3.63, 3.8) is 0 Å². The van der Waals surface area contributed by atoms with Gasteiger partial charge in [-0.05, 0) is 24.2 Å². The molecule has 2 saturated carbocycles. The Morgan fingerprint density at radius 3 is 2.00 bits per heavy atom. The summed E-state index contributed by atoms with van der Waals surface area (Å²) in [5, 5.41) is 19.6. The molecule has 0 radical (unpaired) electrons. The van der Waals surface area contributed by atoms with E-state index in [0.717, 1.165) is 12.8 Å². The van der Waals surface area contributed by atoms with Gasteiger partial charge in [-0.25, -0.2) is 0 Å². The summed E-state index contributed by atoms with van der Waals surface area (Å²) >= 11 is 0. The molecule has 0 heterocycles. The molecule has 12 heavy (non-hydrogen) atoms. The molecule has 0 aromatic rings. The highest BCUT2D eigenvalue weighted by Gasteiger charge is 2.65. The van der Waals surface area contributed by atoms with Gasteiger partial charge in [0, 0.05) is 5.41 Å². The van der Waals surface area contributed by atoms with Crippen LogP contribution < -0.4 is 0 Å². The number of rotatable bonds is 0. The van der Waals surface area contributed by atoms with E-state index < -0.39 is 12.2 Å². The molecule has 4 atom stereocenters. The first kappa shape index (κ1) is 8.52. The van der Waals surface area contributed by atoms with Gasteiger partial charge in [0.05, 0.1) is 12.2 Å². The molecule has 70 valence electrons. The van der Waals surface area contributed by atoms with Crippen LogP contribution in [0, 0.1) is 16.7 Å². The van der Waals surface area contributed by atoms with Crippen LogP contribution in [-0.4, -0.2) is 22.4 Å². The average molecular weight is 170 g/mol. The van der Waals surface area contributed by atoms with Crippen LogP contribution >= 0.6 is 0 Å². The Kier molecular flexibility index (Phi) is 1.45. The fourth-order valence-corrected chi connectivity index (χ4v) is 3.29. The standard InChI is InChI=1S/C10H18O2/c1-9(2)6-4-5-10(9,3)8(12)7(6)11/h6-8,11-12H,4-5H2,1-3H3/t6-,7+,8-,10+/m1/s1. The Bertz CT molecular complexity index is 212. The summed E-state index contributed by atoms with van der Waals surface area (Å²) in [5.74, 6) is 0.303. The number of aliphatic hydroxyl groups excluding tert-OH is 2. The van der Waals surface area contributed by atoms with Crippen molar-refractivity contribution in [1.82, 2.24) is 0 Å². The molecule has 2 bridgehead atoms. The van der Waals surface area contributed by atoms with Crippen molar-refractivity contribution in [1.29, 1.82) is 0 Å². The molecule has 0 aromatic heterocycles. The molecule has 2 heteroatoms. The molecule has 2 fully saturated rings. The van der Waals surface area contributed by atoms with Crippen LogP contribution in [0.1, 0.15) is 33.6 Å². The fraction of sp³-hybridized carbons (Fsp3) is 1.00. The molecule has 0 amide bonds. The molecule has 0 saturated heterocycles. The zero-order valence-corrected chi connectivity index (χ0v) is 8.04. The van der Waals surface area contributed by atoms with Crippen LogP contribution in [0.4, 0.5) is 0 Å². The Morgan fingerprint density at radius 2 is 1.75 bits per heavy atom. The SMILES string of the molecule is CC1(C)[C@@H]2CC[C@@]1(C)[C@H](O)[C@H]2O. The lowest BCUT2D eigenvalue weighted by atomic mass is 9.70. The lowest BCUT2D eigenvalue weighted by Gasteiger charge is -2.36. The second-order valence-corrected chi connectivity index (χ2v) is 5.22. The highest BCUT2D eigenvalue weighted by Crippen LogP contribution is 2.65. The second kappa shape index (κ2) is 2.05. The van der Waals surface area contributed by atoms with Crippen molar-refractivity contribution in [3.05, 3.63) is 0 Å². The minimum Gasteiger partial charge on any atom is -0.390 e. The zero-order valence-electron chi connectivity index (χ0n) is 8.04. The van der Waals surface area contributed by atoms with Crippen molar-refractivity contribution in [2.24, 2.45) is 16.7 Å². The topological polar surface area (TPSA) is 40.5 Å². The van der Waals surface area contributed by atoms with E-state index in [0.29, 0.717) is 5.92 Å². The van der Waals surface area contributed by atoms with E-state index in [2.05, 4.69) is 20.8 Å². The largest absolute Gasteiger partial charge is 0.390 e. The number of fused-ring (bicyclic) bond motifs is 2. The van der Waals surface area contributed by atoms with Gasteiger partial charge in [-0.1, -0.05) is 20.8 Å². The highest BCUT2D eigenvalue weighted by molar-refractivity contribution is 5.14. The molecule has 0 aromatic carbocycles. The first-order chi connectivity index (χ1) is 5.41. The molecule has 2 rings (SSSR count).